The molecule has 2 rings (SSSR count). The van der Waals surface area contributed by atoms with Gasteiger partial charge in [0.25, 0.3) is 0 Å². The minimum atomic E-state index is 0.111. The van der Waals surface area contributed by atoms with E-state index in [9.17, 15) is 4.79 Å². The predicted molar refractivity (Wildman–Crippen MR) is 66.2 cm³/mol. The largest absolute Gasteiger partial charge is 0.294 e. The monoisotopic (exact) mass is 234 g/mol. The zero-order valence-electron chi connectivity index (χ0n) is 9.43. The number of nitrogens with zero attached hydrogens (tertiary/aromatic N) is 2. The van der Waals surface area contributed by atoms with Crippen LogP contribution in [0.25, 0.3) is 5.65 Å². The minimum absolute atomic E-state index is 0.111. The van der Waals surface area contributed by atoms with Crippen molar-refractivity contribution in [3.63, 3.8) is 0 Å². The number of carbonyl (C=O) groups is 1. The maximum atomic E-state index is 11.8. The maximum Gasteiger partial charge on any atom is 0.183 e. The molecule has 0 aliphatic carbocycles. The molecule has 0 unspecified atom stereocenters. The lowest BCUT2D eigenvalue weighted by molar-refractivity contribution is 0.0981. The van der Waals surface area contributed by atoms with Gasteiger partial charge in [0.1, 0.15) is 16.4 Å². The zero-order valence-corrected chi connectivity index (χ0v) is 10.3. The molecule has 84 valence electrons. The van der Waals surface area contributed by atoms with E-state index in [-0.39, 0.29) is 5.78 Å². The molecule has 0 aliphatic heterocycles. The van der Waals surface area contributed by atoms with Crippen LogP contribution >= 0.6 is 11.8 Å². The van der Waals surface area contributed by atoms with E-state index in [4.69, 9.17) is 0 Å². The molecule has 0 aliphatic rings. The number of hydrogen-bond donors (Lipinski definition) is 0. The number of thioether (sulfide) groups is 1. The lowest BCUT2D eigenvalue weighted by atomic mass is 10.2. The van der Waals surface area contributed by atoms with E-state index < -0.39 is 0 Å². The van der Waals surface area contributed by atoms with Gasteiger partial charge in [-0.3, -0.25) is 9.20 Å². The van der Waals surface area contributed by atoms with Gasteiger partial charge in [-0.1, -0.05) is 19.9 Å². The van der Waals surface area contributed by atoms with Gasteiger partial charge in [-0.05, 0) is 17.9 Å². The average molecular weight is 234 g/mol. The summed E-state index contributed by atoms with van der Waals surface area (Å²) in [5.74, 6) is 1.05. The van der Waals surface area contributed by atoms with Gasteiger partial charge in [0.15, 0.2) is 5.78 Å². The number of rotatable bonds is 4. The van der Waals surface area contributed by atoms with Crippen LogP contribution in [-0.4, -0.2) is 20.9 Å². The molecule has 2 aromatic heterocycles. The van der Waals surface area contributed by atoms with Crippen molar-refractivity contribution in [1.82, 2.24) is 9.38 Å². The van der Waals surface area contributed by atoms with Crippen molar-refractivity contribution < 1.29 is 4.79 Å². The molecule has 0 atom stereocenters. The summed E-state index contributed by atoms with van der Waals surface area (Å²) in [5, 5.41) is 0.963. The van der Waals surface area contributed by atoms with Crippen molar-refractivity contribution in [2.75, 3.05) is 5.75 Å². The Hall–Kier alpha value is -1.29. The third-order valence-corrected chi connectivity index (χ3v) is 3.30. The Balaban J connectivity index is 2.62. The Kier molecular flexibility index (Phi) is 3.29. The number of imidazole rings is 1. The Morgan fingerprint density at radius 2 is 2.25 bits per heavy atom. The van der Waals surface area contributed by atoms with E-state index in [0.29, 0.717) is 12.1 Å². The Bertz CT molecular complexity index is 519. The Morgan fingerprint density at radius 3 is 2.94 bits per heavy atom. The molecule has 0 radical (unpaired) electrons. The van der Waals surface area contributed by atoms with E-state index in [1.807, 2.05) is 35.7 Å². The van der Waals surface area contributed by atoms with E-state index in [0.717, 1.165) is 16.4 Å². The van der Waals surface area contributed by atoms with Crippen LogP contribution in [0.2, 0.25) is 0 Å². The van der Waals surface area contributed by atoms with Crippen molar-refractivity contribution in [1.29, 1.82) is 0 Å². The first-order valence-electron chi connectivity index (χ1n) is 5.41. The van der Waals surface area contributed by atoms with Gasteiger partial charge in [0.05, 0.1) is 0 Å². The standard InChI is InChI=1S/C12H14N2OS/c1-3-9(15)11-12(16-4-2)14-8-6-5-7-10(14)13-11/h5-8H,3-4H2,1-2H3. The lowest BCUT2D eigenvalue weighted by Gasteiger charge is -2.00. The van der Waals surface area contributed by atoms with Crippen molar-refractivity contribution in [2.45, 2.75) is 25.3 Å². The molecule has 0 aromatic carbocycles. The fourth-order valence-electron chi connectivity index (χ4n) is 1.60. The molecule has 3 nitrogen and oxygen atoms in total. The first-order chi connectivity index (χ1) is 7.77. The summed E-state index contributed by atoms with van der Waals surface area (Å²) >= 11 is 1.66. The predicted octanol–water partition coefficient (Wildman–Crippen LogP) is 3.04. The molecule has 0 fully saturated rings. The molecule has 0 saturated carbocycles. The molecule has 2 aromatic rings. The van der Waals surface area contributed by atoms with Gasteiger partial charge in [-0.2, -0.15) is 0 Å². The molecular weight excluding hydrogens is 220 g/mol. The highest BCUT2D eigenvalue weighted by atomic mass is 32.2. The highest BCUT2D eigenvalue weighted by Gasteiger charge is 2.16. The van der Waals surface area contributed by atoms with Crippen molar-refractivity contribution in [3.05, 3.63) is 30.1 Å². The van der Waals surface area contributed by atoms with Gasteiger partial charge < -0.3 is 0 Å². The smallest absolute Gasteiger partial charge is 0.183 e. The molecular formula is C12H14N2OS. The molecule has 16 heavy (non-hydrogen) atoms. The van der Waals surface area contributed by atoms with Gasteiger partial charge in [0.2, 0.25) is 0 Å². The first kappa shape index (κ1) is 11.2. The second kappa shape index (κ2) is 4.70. The second-order valence-corrected chi connectivity index (χ2v) is 4.66. The van der Waals surface area contributed by atoms with E-state index >= 15 is 0 Å². The molecule has 0 saturated heterocycles. The summed E-state index contributed by atoms with van der Waals surface area (Å²) in [7, 11) is 0. The molecule has 0 spiro atoms. The summed E-state index contributed by atoms with van der Waals surface area (Å²) in [6.45, 7) is 3.94. The maximum absolute atomic E-state index is 11.8. The van der Waals surface area contributed by atoms with Crippen LogP contribution in [0.5, 0.6) is 0 Å². The summed E-state index contributed by atoms with van der Waals surface area (Å²) < 4.78 is 1.98. The summed E-state index contributed by atoms with van der Waals surface area (Å²) in [5.41, 5.74) is 1.45. The van der Waals surface area contributed by atoms with Crippen LogP contribution < -0.4 is 0 Å². The number of aromatic nitrogens is 2. The first-order valence-corrected chi connectivity index (χ1v) is 6.39. The summed E-state index contributed by atoms with van der Waals surface area (Å²) in [6, 6.07) is 5.81. The number of Topliss-reactive ketones (excluding diaryl/α,β-unsaturated/α-hetero) is 1. The van der Waals surface area contributed by atoms with Gasteiger partial charge in [-0.15, -0.1) is 11.8 Å². The van der Waals surface area contributed by atoms with Crippen LogP contribution in [0.1, 0.15) is 30.8 Å². The number of carbonyl (C=O) groups excluding carboxylic acids is 1. The minimum Gasteiger partial charge on any atom is -0.294 e. The Labute approximate surface area is 98.9 Å². The topological polar surface area (TPSA) is 34.4 Å². The molecule has 0 amide bonds. The zero-order chi connectivity index (χ0) is 11.5. The van der Waals surface area contributed by atoms with Crippen LogP contribution in [0, 0.1) is 0 Å². The number of ketones is 1. The van der Waals surface area contributed by atoms with Crippen molar-refractivity contribution in [3.8, 4) is 0 Å². The average Bonchev–Trinajstić information content (AvgIpc) is 2.68. The SMILES string of the molecule is CCSc1c(C(=O)CC)nc2ccccn12. The lowest BCUT2D eigenvalue weighted by Crippen LogP contribution is -1.99. The highest BCUT2D eigenvalue weighted by molar-refractivity contribution is 7.99. The molecule has 4 heteroatoms. The van der Waals surface area contributed by atoms with Crippen LogP contribution in [0.15, 0.2) is 29.4 Å². The van der Waals surface area contributed by atoms with Crippen LogP contribution in [-0.2, 0) is 0 Å². The van der Waals surface area contributed by atoms with Crippen molar-refractivity contribution >= 4 is 23.2 Å². The molecule has 2 heterocycles. The fourth-order valence-corrected chi connectivity index (χ4v) is 2.46. The summed E-state index contributed by atoms with van der Waals surface area (Å²) in [6.07, 6.45) is 2.45. The summed E-state index contributed by atoms with van der Waals surface area (Å²) in [4.78, 5) is 16.2. The van der Waals surface area contributed by atoms with Crippen molar-refractivity contribution in [2.24, 2.45) is 0 Å². The van der Waals surface area contributed by atoms with E-state index in [2.05, 4.69) is 11.9 Å². The fraction of sp³-hybridized carbons (Fsp3) is 0.333. The Morgan fingerprint density at radius 1 is 1.44 bits per heavy atom. The third-order valence-electron chi connectivity index (χ3n) is 2.35. The normalized spacial score (nSPS) is 10.9. The highest BCUT2D eigenvalue weighted by Crippen LogP contribution is 2.24. The van der Waals surface area contributed by atoms with Crippen LogP contribution in [0.3, 0.4) is 0 Å². The van der Waals surface area contributed by atoms with Gasteiger partial charge >= 0.3 is 0 Å². The second-order valence-electron chi connectivity index (χ2n) is 3.40. The quantitative estimate of drug-likeness (QED) is 0.602. The number of pyridine rings is 1. The number of fused-ring (bicyclic) bond motifs is 1. The third kappa shape index (κ3) is 1.85. The molecule has 0 bridgehead atoms. The van der Waals surface area contributed by atoms with Gasteiger partial charge in [-0.25, -0.2) is 4.98 Å². The molecule has 0 N–H and O–H groups in total. The number of hydrogen-bond acceptors (Lipinski definition) is 3. The van der Waals surface area contributed by atoms with E-state index in [1.165, 1.54) is 0 Å². The van der Waals surface area contributed by atoms with E-state index in [1.54, 1.807) is 11.8 Å². The van der Waals surface area contributed by atoms with Crippen LogP contribution in [0.4, 0.5) is 0 Å². The van der Waals surface area contributed by atoms with Gasteiger partial charge in [0, 0.05) is 12.6 Å².